The van der Waals surface area contributed by atoms with Crippen molar-refractivity contribution in [3.8, 4) is 0 Å². The molecule has 0 bridgehead atoms. The molecule has 4 nitrogen and oxygen atoms in total. The fourth-order valence-corrected chi connectivity index (χ4v) is 3.80. The Morgan fingerprint density at radius 1 is 1.27 bits per heavy atom. The Bertz CT molecular complexity index is 508. The Morgan fingerprint density at radius 2 is 1.91 bits per heavy atom. The fourth-order valence-electron chi connectivity index (χ4n) is 3.80. The highest BCUT2D eigenvalue weighted by Gasteiger charge is 2.52. The summed E-state index contributed by atoms with van der Waals surface area (Å²) in [5.41, 5.74) is 13.7. The van der Waals surface area contributed by atoms with Crippen molar-refractivity contribution in [2.45, 2.75) is 63.1 Å². The van der Waals surface area contributed by atoms with Gasteiger partial charge in [0, 0.05) is 24.5 Å². The average Bonchev–Trinajstić information content (AvgIpc) is 3.12. The molecule has 1 aromatic rings. The molecule has 2 atom stereocenters. The number of rotatable bonds is 5. The van der Waals surface area contributed by atoms with E-state index < -0.39 is 0 Å². The topological polar surface area (TPSA) is 81.1 Å². The van der Waals surface area contributed by atoms with Crippen molar-refractivity contribution < 1.29 is 4.79 Å². The van der Waals surface area contributed by atoms with Crippen LogP contribution in [-0.2, 0) is 11.2 Å². The van der Waals surface area contributed by atoms with E-state index >= 15 is 0 Å². The van der Waals surface area contributed by atoms with Crippen LogP contribution in [0.5, 0.6) is 0 Å². The number of nitrogens with one attached hydrogen (secondary N) is 1. The Kier molecular flexibility index (Phi) is 4.50. The van der Waals surface area contributed by atoms with Crippen LogP contribution in [0.15, 0.2) is 30.3 Å². The number of carbonyl (C=O) groups is 1. The van der Waals surface area contributed by atoms with Crippen LogP contribution in [0.25, 0.3) is 0 Å². The molecule has 5 N–H and O–H groups in total. The van der Waals surface area contributed by atoms with Crippen LogP contribution in [0.2, 0.25) is 0 Å². The molecule has 120 valence electrons. The van der Waals surface area contributed by atoms with E-state index in [1.54, 1.807) is 0 Å². The molecule has 0 radical (unpaired) electrons. The van der Waals surface area contributed by atoms with Crippen molar-refractivity contribution in [2.24, 2.45) is 16.9 Å². The van der Waals surface area contributed by atoms with Crippen LogP contribution in [0.3, 0.4) is 0 Å². The minimum absolute atomic E-state index is 0.0875. The first kappa shape index (κ1) is 15.5. The third kappa shape index (κ3) is 3.68. The third-order valence-electron chi connectivity index (χ3n) is 5.39. The zero-order valence-corrected chi connectivity index (χ0v) is 13.1. The first-order chi connectivity index (χ1) is 10.6. The maximum atomic E-state index is 12.1. The van der Waals surface area contributed by atoms with Crippen molar-refractivity contribution in [2.75, 3.05) is 0 Å². The SMILES string of the molecule is NC1CC12CCC(NC(=O)C[C@@H](N)Cc1ccccc1)CC2. The van der Waals surface area contributed by atoms with E-state index in [0.29, 0.717) is 23.9 Å². The first-order valence-electron chi connectivity index (χ1n) is 8.42. The molecule has 1 amide bonds. The summed E-state index contributed by atoms with van der Waals surface area (Å²) in [5.74, 6) is 0.0875. The zero-order valence-electron chi connectivity index (χ0n) is 13.1. The van der Waals surface area contributed by atoms with Gasteiger partial charge >= 0.3 is 0 Å². The molecule has 2 aliphatic carbocycles. The summed E-state index contributed by atoms with van der Waals surface area (Å²) in [7, 11) is 0. The van der Waals surface area contributed by atoms with Crippen molar-refractivity contribution >= 4 is 5.91 Å². The van der Waals surface area contributed by atoms with Gasteiger partial charge in [-0.3, -0.25) is 4.79 Å². The van der Waals surface area contributed by atoms with E-state index in [9.17, 15) is 4.79 Å². The van der Waals surface area contributed by atoms with Crippen LogP contribution in [0.1, 0.15) is 44.1 Å². The summed E-state index contributed by atoms with van der Waals surface area (Å²) in [6, 6.07) is 10.7. The molecule has 22 heavy (non-hydrogen) atoms. The second-order valence-electron chi connectivity index (χ2n) is 7.17. The van der Waals surface area contributed by atoms with Gasteiger partial charge in [-0.25, -0.2) is 0 Å². The van der Waals surface area contributed by atoms with E-state index in [4.69, 9.17) is 11.5 Å². The van der Waals surface area contributed by atoms with E-state index in [0.717, 1.165) is 32.1 Å². The molecule has 1 aromatic carbocycles. The van der Waals surface area contributed by atoms with E-state index in [2.05, 4.69) is 17.4 Å². The summed E-state index contributed by atoms with van der Waals surface area (Å²) < 4.78 is 0. The molecule has 4 heteroatoms. The van der Waals surface area contributed by atoms with Gasteiger partial charge in [0.2, 0.25) is 5.91 Å². The number of hydrogen-bond acceptors (Lipinski definition) is 3. The minimum Gasteiger partial charge on any atom is -0.353 e. The normalized spacial score (nSPS) is 31.7. The number of amides is 1. The Morgan fingerprint density at radius 3 is 2.50 bits per heavy atom. The molecule has 0 aromatic heterocycles. The standard InChI is InChI=1S/C18H27N3O/c19-14(10-13-4-2-1-3-5-13)11-17(22)21-15-6-8-18(9-7-15)12-16(18)20/h1-5,14-16H,6-12,19-20H2,(H,21,22)/t14-,15?,16?,18?/m0/s1. The van der Waals surface area contributed by atoms with Gasteiger partial charge in [0.25, 0.3) is 0 Å². The lowest BCUT2D eigenvalue weighted by Crippen LogP contribution is -2.41. The molecule has 0 heterocycles. The summed E-state index contributed by atoms with van der Waals surface area (Å²) in [6.45, 7) is 0. The van der Waals surface area contributed by atoms with Gasteiger partial charge in [-0.05, 0) is 49.5 Å². The molecule has 1 unspecified atom stereocenters. The van der Waals surface area contributed by atoms with Crippen LogP contribution in [0, 0.1) is 5.41 Å². The molecule has 2 aliphatic rings. The smallest absolute Gasteiger partial charge is 0.221 e. The van der Waals surface area contributed by atoms with Gasteiger partial charge in [-0.15, -0.1) is 0 Å². The van der Waals surface area contributed by atoms with Gasteiger partial charge in [0.15, 0.2) is 0 Å². The molecular weight excluding hydrogens is 274 g/mol. The molecule has 3 rings (SSSR count). The number of nitrogens with two attached hydrogens (primary N) is 2. The van der Waals surface area contributed by atoms with Crippen molar-refractivity contribution in [1.82, 2.24) is 5.32 Å². The average molecular weight is 301 g/mol. The second-order valence-corrected chi connectivity index (χ2v) is 7.17. The minimum atomic E-state index is -0.116. The largest absolute Gasteiger partial charge is 0.353 e. The van der Waals surface area contributed by atoms with E-state index in [1.807, 2.05) is 18.2 Å². The molecule has 0 aliphatic heterocycles. The van der Waals surface area contributed by atoms with E-state index in [1.165, 1.54) is 12.0 Å². The number of carbonyl (C=O) groups excluding carboxylic acids is 1. The molecular formula is C18H27N3O. The predicted octanol–water partition coefficient (Wildman–Crippen LogP) is 1.72. The van der Waals surface area contributed by atoms with Crippen molar-refractivity contribution in [3.63, 3.8) is 0 Å². The summed E-state index contributed by atoms with van der Waals surface area (Å²) in [5, 5.41) is 3.16. The Hall–Kier alpha value is -1.39. The van der Waals surface area contributed by atoms with Crippen molar-refractivity contribution in [3.05, 3.63) is 35.9 Å². The lowest BCUT2D eigenvalue weighted by molar-refractivity contribution is -0.122. The molecule has 1 spiro atoms. The zero-order chi connectivity index (χ0) is 15.6. The Labute approximate surface area is 132 Å². The van der Waals surface area contributed by atoms with Gasteiger partial charge < -0.3 is 16.8 Å². The highest BCUT2D eigenvalue weighted by Crippen LogP contribution is 2.54. The van der Waals surface area contributed by atoms with Gasteiger partial charge in [-0.1, -0.05) is 30.3 Å². The highest BCUT2D eigenvalue weighted by molar-refractivity contribution is 5.76. The van der Waals surface area contributed by atoms with Crippen LogP contribution in [0.4, 0.5) is 0 Å². The summed E-state index contributed by atoms with van der Waals surface area (Å²) in [6.07, 6.45) is 6.77. The molecule has 2 saturated carbocycles. The first-order valence-corrected chi connectivity index (χ1v) is 8.42. The number of hydrogen-bond donors (Lipinski definition) is 3. The monoisotopic (exact) mass is 301 g/mol. The van der Waals surface area contributed by atoms with Gasteiger partial charge in [0.1, 0.15) is 0 Å². The van der Waals surface area contributed by atoms with Crippen LogP contribution < -0.4 is 16.8 Å². The molecule has 2 fully saturated rings. The lowest BCUT2D eigenvalue weighted by atomic mass is 9.83. The fraction of sp³-hybridized carbons (Fsp3) is 0.611. The van der Waals surface area contributed by atoms with Crippen molar-refractivity contribution in [1.29, 1.82) is 0 Å². The maximum absolute atomic E-state index is 12.1. The summed E-state index contributed by atoms with van der Waals surface area (Å²) >= 11 is 0. The third-order valence-corrected chi connectivity index (χ3v) is 5.39. The lowest BCUT2D eigenvalue weighted by Gasteiger charge is -2.30. The summed E-state index contributed by atoms with van der Waals surface area (Å²) in [4.78, 5) is 12.1. The van der Waals surface area contributed by atoms with Gasteiger partial charge in [0.05, 0.1) is 0 Å². The number of benzene rings is 1. The highest BCUT2D eigenvalue weighted by atomic mass is 16.1. The quantitative estimate of drug-likeness (QED) is 0.774. The maximum Gasteiger partial charge on any atom is 0.221 e. The van der Waals surface area contributed by atoms with Crippen LogP contribution in [-0.4, -0.2) is 24.0 Å². The van der Waals surface area contributed by atoms with Gasteiger partial charge in [-0.2, -0.15) is 0 Å². The molecule has 0 saturated heterocycles. The van der Waals surface area contributed by atoms with Crippen LogP contribution >= 0.6 is 0 Å². The second kappa shape index (κ2) is 6.39. The Balaban J connectivity index is 1.39. The van der Waals surface area contributed by atoms with E-state index in [-0.39, 0.29) is 11.9 Å². The predicted molar refractivity (Wildman–Crippen MR) is 88.2 cm³/mol.